The van der Waals surface area contributed by atoms with Gasteiger partial charge in [-0.3, -0.25) is 4.79 Å². The van der Waals surface area contributed by atoms with Crippen molar-refractivity contribution in [3.63, 3.8) is 0 Å². The molecule has 0 aliphatic heterocycles. The lowest BCUT2D eigenvalue weighted by atomic mass is 10.5. The predicted octanol–water partition coefficient (Wildman–Crippen LogP) is 0.422. The minimum Gasteiger partial charge on any atom is -0.480 e. The molecule has 1 aromatic heterocycles. The van der Waals surface area contributed by atoms with Crippen LogP contribution in [0, 0.1) is 0 Å². The predicted molar refractivity (Wildman–Crippen MR) is 69.7 cm³/mol. The Bertz CT molecular complexity index is 403. The molecule has 0 spiro atoms. The first-order valence-electron chi connectivity index (χ1n) is 5.23. The number of rotatable bonds is 7. The maximum Gasteiger partial charge on any atom is 0.239 e. The fraction of sp³-hybridized carbons (Fsp3) is 0.500. The van der Waals surface area contributed by atoms with Gasteiger partial charge in [-0.15, -0.1) is 0 Å². The van der Waals surface area contributed by atoms with Crippen molar-refractivity contribution in [1.82, 2.24) is 15.3 Å². The zero-order valence-electron chi connectivity index (χ0n) is 10.2. The lowest BCUT2D eigenvalue weighted by Gasteiger charge is -2.07. The average molecular weight is 319 g/mol. The zero-order valence-corrected chi connectivity index (χ0v) is 11.8. The van der Waals surface area contributed by atoms with Gasteiger partial charge >= 0.3 is 0 Å². The van der Waals surface area contributed by atoms with E-state index in [-0.39, 0.29) is 12.5 Å². The van der Waals surface area contributed by atoms with Gasteiger partial charge in [-0.25, -0.2) is 4.98 Å². The van der Waals surface area contributed by atoms with E-state index in [9.17, 15) is 4.79 Å². The van der Waals surface area contributed by atoms with Crippen molar-refractivity contribution in [2.24, 2.45) is 0 Å². The summed E-state index contributed by atoms with van der Waals surface area (Å²) in [5, 5.41) is 5.47. The molecule has 2 N–H and O–H groups in total. The largest absolute Gasteiger partial charge is 0.480 e. The molecular weight excluding hydrogens is 304 g/mol. The molecule has 0 fully saturated rings. The van der Waals surface area contributed by atoms with Crippen LogP contribution in [0.4, 0.5) is 5.95 Å². The number of nitrogens with zero attached hydrogens (tertiary/aromatic N) is 2. The number of amides is 1. The fourth-order valence-corrected chi connectivity index (χ4v) is 1.45. The molecule has 1 aromatic rings. The van der Waals surface area contributed by atoms with Crippen LogP contribution >= 0.6 is 15.9 Å². The van der Waals surface area contributed by atoms with Gasteiger partial charge in [-0.05, 0) is 15.9 Å². The molecule has 1 amide bonds. The second kappa shape index (κ2) is 7.83. The first kappa shape index (κ1) is 14.7. The molecule has 0 saturated heterocycles. The molecule has 0 aliphatic rings. The maximum atomic E-state index is 11.4. The van der Waals surface area contributed by atoms with Gasteiger partial charge in [0.15, 0.2) is 0 Å². The van der Waals surface area contributed by atoms with E-state index < -0.39 is 0 Å². The van der Waals surface area contributed by atoms with Crippen LogP contribution in [0.1, 0.15) is 0 Å². The molecule has 18 heavy (non-hydrogen) atoms. The molecule has 0 saturated carbocycles. The second-order valence-corrected chi connectivity index (χ2v) is 4.10. The third-order valence-corrected chi connectivity index (χ3v) is 2.48. The van der Waals surface area contributed by atoms with Crippen LogP contribution in [0.15, 0.2) is 10.7 Å². The van der Waals surface area contributed by atoms with Gasteiger partial charge in [0, 0.05) is 13.7 Å². The van der Waals surface area contributed by atoms with Crippen LogP contribution in [-0.4, -0.2) is 49.8 Å². The van der Waals surface area contributed by atoms with Crippen molar-refractivity contribution in [2.75, 3.05) is 39.2 Å². The highest BCUT2D eigenvalue weighted by Gasteiger charge is 2.06. The van der Waals surface area contributed by atoms with E-state index in [1.54, 1.807) is 13.3 Å². The number of anilines is 1. The smallest absolute Gasteiger partial charge is 0.239 e. The number of carbonyl (C=O) groups is 1. The summed E-state index contributed by atoms with van der Waals surface area (Å²) >= 11 is 3.24. The van der Waals surface area contributed by atoms with Gasteiger partial charge in [0.05, 0.1) is 30.9 Å². The maximum absolute atomic E-state index is 11.4. The third-order valence-electron chi connectivity index (χ3n) is 1.94. The molecule has 1 heterocycles. The molecule has 0 bridgehead atoms. The Morgan fingerprint density at radius 3 is 2.94 bits per heavy atom. The zero-order chi connectivity index (χ0) is 13.4. The molecule has 0 atom stereocenters. The van der Waals surface area contributed by atoms with Crippen LogP contribution in [0.25, 0.3) is 0 Å². The molecule has 0 unspecified atom stereocenters. The van der Waals surface area contributed by atoms with Crippen LogP contribution in [-0.2, 0) is 9.53 Å². The van der Waals surface area contributed by atoms with E-state index in [2.05, 4.69) is 36.5 Å². The average Bonchev–Trinajstić information content (AvgIpc) is 2.38. The first-order chi connectivity index (χ1) is 8.67. The lowest BCUT2D eigenvalue weighted by molar-refractivity contribution is -0.119. The van der Waals surface area contributed by atoms with Crippen LogP contribution in [0.3, 0.4) is 0 Å². The number of aromatic nitrogens is 2. The summed E-state index contributed by atoms with van der Waals surface area (Å²) in [5.41, 5.74) is 0. The number of methoxy groups -OCH3 is 2. The quantitative estimate of drug-likeness (QED) is 0.709. The molecule has 0 aromatic carbocycles. The van der Waals surface area contributed by atoms with Gasteiger partial charge in [-0.1, -0.05) is 0 Å². The molecule has 0 aliphatic carbocycles. The molecule has 8 heteroatoms. The van der Waals surface area contributed by atoms with Crippen molar-refractivity contribution < 1.29 is 14.3 Å². The number of hydrogen-bond donors (Lipinski definition) is 2. The Morgan fingerprint density at radius 2 is 2.28 bits per heavy atom. The van der Waals surface area contributed by atoms with Crippen LogP contribution in [0.2, 0.25) is 0 Å². The van der Waals surface area contributed by atoms with E-state index in [1.165, 1.54) is 7.11 Å². The summed E-state index contributed by atoms with van der Waals surface area (Å²) in [4.78, 5) is 19.5. The van der Waals surface area contributed by atoms with E-state index in [4.69, 9.17) is 9.47 Å². The van der Waals surface area contributed by atoms with E-state index >= 15 is 0 Å². The summed E-state index contributed by atoms with van der Waals surface area (Å²) in [6.07, 6.45) is 1.55. The van der Waals surface area contributed by atoms with E-state index in [0.717, 1.165) is 0 Å². The summed E-state index contributed by atoms with van der Waals surface area (Å²) < 4.78 is 10.5. The highest BCUT2D eigenvalue weighted by atomic mass is 79.9. The van der Waals surface area contributed by atoms with Crippen molar-refractivity contribution >= 4 is 27.8 Å². The number of ether oxygens (including phenoxy) is 2. The SMILES string of the molecule is COCCNC(=O)CNc1ncc(Br)c(OC)n1. The van der Waals surface area contributed by atoms with E-state index in [1.807, 2.05) is 0 Å². The Balaban J connectivity index is 2.41. The Morgan fingerprint density at radius 1 is 1.50 bits per heavy atom. The van der Waals surface area contributed by atoms with Crippen LogP contribution in [0.5, 0.6) is 5.88 Å². The van der Waals surface area contributed by atoms with Crippen LogP contribution < -0.4 is 15.4 Å². The highest BCUT2D eigenvalue weighted by Crippen LogP contribution is 2.21. The number of nitrogens with one attached hydrogen (secondary N) is 2. The normalized spacial score (nSPS) is 9.94. The molecule has 100 valence electrons. The van der Waals surface area contributed by atoms with Gasteiger partial charge in [0.2, 0.25) is 17.7 Å². The summed E-state index contributed by atoms with van der Waals surface area (Å²) in [5.74, 6) is 0.585. The topological polar surface area (TPSA) is 85.4 Å². The Kier molecular flexibility index (Phi) is 6.37. The molecule has 7 nitrogen and oxygen atoms in total. The Hall–Kier alpha value is -1.41. The number of carbonyl (C=O) groups excluding carboxylic acids is 1. The summed E-state index contributed by atoms with van der Waals surface area (Å²) in [7, 11) is 3.08. The van der Waals surface area contributed by atoms with E-state index in [0.29, 0.717) is 29.5 Å². The fourth-order valence-electron chi connectivity index (χ4n) is 1.09. The number of hydrogen-bond acceptors (Lipinski definition) is 6. The Labute approximate surface area is 113 Å². The highest BCUT2D eigenvalue weighted by molar-refractivity contribution is 9.10. The molecule has 1 rings (SSSR count). The second-order valence-electron chi connectivity index (χ2n) is 3.25. The third kappa shape index (κ3) is 4.84. The lowest BCUT2D eigenvalue weighted by Crippen LogP contribution is -2.32. The minimum absolute atomic E-state index is 0.0918. The van der Waals surface area contributed by atoms with Crippen molar-refractivity contribution in [3.05, 3.63) is 10.7 Å². The van der Waals surface area contributed by atoms with Crippen molar-refractivity contribution in [1.29, 1.82) is 0 Å². The molecule has 0 radical (unpaired) electrons. The van der Waals surface area contributed by atoms with Crippen molar-refractivity contribution in [3.8, 4) is 5.88 Å². The van der Waals surface area contributed by atoms with Gasteiger partial charge < -0.3 is 20.1 Å². The standard InChI is InChI=1S/C10H15BrN4O3/c1-17-4-3-12-8(16)6-14-10-13-5-7(11)9(15-10)18-2/h5H,3-4,6H2,1-2H3,(H,12,16)(H,13,14,15). The first-order valence-corrected chi connectivity index (χ1v) is 6.02. The van der Waals surface area contributed by atoms with Crippen molar-refractivity contribution in [2.45, 2.75) is 0 Å². The monoisotopic (exact) mass is 318 g/mol. The van der Waals surface area contributed by atoms with Gasteiger partial charge in [-0.2, -0.15) is 4.98 Å². The summed E-state index contributed by atoms with van der Waals surface area (Å²) in [6.45, 7) is 1.05. The minimum atomic E-state index is -0.155. The summed E-state index contributed by atoms with van der Waals surface area (Å²) in [6, 6.07) is 0. The molecular formula is C10H15BrN4O3. The van der Waals surface area contributed by atoms with Gasteiger partial charge in [0.1, 0.15) is 0 Å². The number of halogens is 1. The van der Waals surface area contributed by atoms with Gasteiger partial charge in [0.25, 0.3) is 0 Å².